The van der Waals surface area contributed by atoms with Gasteiger partial charge in [0.25, 0.3) is 0 Å². The van der Waals surface area contributed by atoms with Gasteiger partial charge in [0, 0.05) is 19.1 Å². The summed E-state index contributed by atoms with van der Waals surface area (Å²) in [5, 5.41) is 0. The summed E-state index contributed by atoms with van der Waals surface area (Å²) in [5.41, 5.74) is 7.60. The van der Waals surface area contributed by atoms with E-state index in [1.807, 2.05) is 6.07 Å². The SMILES string of the molecule is CCN(c1ncc(N)cc1C)C(C)CN(C)C. The van der Waals surface area contributed by atoms with Crippen LogP contribution in [0, 0.1) is 6.92 Å². The number of anilines is 2. The molecule has 0 saturated heterocycles. The first-order chi connectivity index (χ1) is 7.95. The van der Waals surface area contributed by atoms with Crippen LogP contribution in [0.2, 0.25) is 0 Å². The fourth-order valence-corrected chi connectivity index (χ4v) is 2.19. The maximum absolute atomic E-state index is 5.74. The zero-order chi connectivity index (χ0) is 13.0. The Morgan fingerprint density at radius 2 is 2.06 bits per heavy atom. The molecule has 0 saturated carbocycles. The standard InChI is InChI=1S/C13H24N4/c1-6-17(11(3)9-16(4)5)13-10(2)7-12(14)8-15-13/h7-8,11H,6,9,14H2,1-5H3. The summed E-state index contributed by atoms with van der Waals surface area (Å²) in [6.07, 6.45) is 1.73. The van der Waals surface area contributed by atoms with Gasteiger partial charge in [0.2, 0.25) is 0 Å². The molecule has 2 N–H and O–H groups in total. The highest BCUT2D eigenvalue weighted by Crippen LogP contribution is 2.20. The molecule has 0 aliphatic carbocycles. The Morgan fingerprint density at radius 1 is 1.41 bits per heavy atom. The van der Waals surface area contributed by atoms with E-state index in [9.17, 15) is 0 Å². The molecule has 4 heteroatoms. The highest BCUT2D eigenvalue weighted by Gasteiger charge is 2.16. The van der Waals surface area contributed by atoms with Gasteiger partial charge < -0.3 is 15.5 Å². The summed E-state index contributed by atoms with van der Waals surface area (Å²) >= 11 is 0. The van der Waals surface area contributed by atoms with Crippen molar-refractivity contribution >= 4 is 11.5 Å². The molecular formula is C13H24N4. The minimum Gasteiger partial charge on any atom is -0.397 e. The van der Waals surface area contributed by atoms with Crippen molar-refractivity contribution in [1.82, 2.24) is 9.88 Å². The number of hydrogen-bond donors (Lipinski definition) is 1. The molecule has 0 bridgehead atoms. The van der Waals surface area contributed by atoms with Crippen LogP contribution >= 0.6 is 0 Å². The largest absolute Gasteiger partial charge is 0.397 e. The van der Waals surface area contributed by atoms with Crippen molar-refractivity contribution in [1.29, 1.82) is 0 Å². The van der Waals surface area contributed by atoms with Crippen LogP contribution in [0.3, 0.4) is 0 Å². The molecule has 0 aromatic carbocycles. The van der Waals surface area contributed by atoms with Gasteiger partial charge in [0.1, 0.15) is 5.82 Å². The summed E-state index contributed by atoms with van der Waals surface area (Å²) in [6, 6.07) is 2.41. The summed E-state index contributed by atoms with van der Waals surface area (Å²) in [5.74, 6) is 1.04. The van der Waals surface area contributed by atoms with Crippen LogP contribution in [-0.2, 0) is 0 Å². The molecule has 0 aliphatic rings. The van der Waals surface area contributed by atoms with Crippen molar-refractivity contribution in [2.45, 2.75) is 26.8 Å². The Kier molecular flexibility index (Phi) is 4.75. The van der Waals surface area contributed by atoms with Crippen LogP contribution in [0.5, 0.6) is 0 Å². The number of aryl methyl sites for hydroxylation is 1. The van der Waals surface area contributed by atoms with E-state index in [1.165, 1.54) is 0 Å². The molecule has 1 rings (SSSR count). The summed E-state index contributed by atoms with van der Waals surface area (Å²) in [4.78, 5) is 8.97. The lowest BCUT2D eigenvalue weighted by atomic mass is 10.2. The second-order valence-electron chi connectivity index (χ2n) is 4.81. The highest BCUT2D eigenvalue weighted by molar-refractivity contribution is 5.53. The van der Waals surface area contributed by atoms with Crippen molar-refractivity contribution in [3.63, 3.8) is 0 Å². The van der Waals surface area contributed by atoms with Crippen molar-refractivity contribution in [3.8, 4) is 0 Å². The second-order valence-corrected chi connectivity index (χ2v) is 4.81. The number of pyridine rings is 1. The van der Waals surface area contributed by atoms with Gasteiger partial charge in [-0.25, -0.2) is 4.98 Å². The summed E-state index contributed by atoms with van der Waals surface area (Å²) < 4.78 is 0. The van der Waals surface area contributed by atoms with Crippen molar-refractivity contribution in [2.24, 2.45) is 0 Å². The average Bonchev–Trinajstić information content (AvgIpc) is 2.21. The van der Waals surface area contributed by atoms with E-state index in [-0.39, 0.29) is 0 Å². The topological polar surface area (TPSA) is 45.4 Å². The zero-order valence-electron chi connectivity index (χ0n) is 11.6. The lowest BCUT2D eigenvalue weighted by Crippen LogP contribution is -2.40. The molecule has 17 heavy (non-hydrogen) atoms. The van der Waals surface area contributed by atoms with Crippen LogP contribution in [0.25, 0.3) is 0 Å². The first-order valence-electron chi connectivity index (χ1n) is 6.09. The lowest BCUT2D eigenvalue weighted by molar-refractivity contribution is 0.372. The van der Waals surface area contributed by atoms with Crippen molar-refractivity contribution in [3.05, 3.63) is 17.8 Å². The molecule has 1 unspecified atom stereocenters. The third-order valence-electron chi connectivity index (χ3n) is 2.85. The van der Waals surface area contributed by atoms with E-state index >= 15 is 0 Å². The summed E-state index contributed by atoms with van der Waals surface area (Å²) in [7, 11) is 4.18. The van der Waals surface area contributed by atoms with E-state index in [1.54, 1.807) is 6.20 Å². The van der Waals surface area contributed by atoms with Crippen LogP contribution in [-0.4, -0.2) is 43.1 Å². The van der Waals surface area contributed by atoms with Gasteiger partial charge in [-0.1, -0.05) is 0 Å². The number of likely N-dealkylation sites (N-methyl/N-ethyl adjacent to an activating group) is 2. The van der Waals surface area contributed by atoms with Gasteiger partial charge in [-0.05, 0) is 46.5 Å². The molecule has 1 atom stereocenters. The van der Waals surface area contributed by atoms with E-state index in [4.69, 9.17) is 5.73 Å². The van der Waals surface area contributed by atoms with Crippen LogP contribution < -0.4 is 10.6 Å². The molecular weight excluding hydrogens is 212 g/mol. The van der Waals surface area contributed by atoms with E-state index in [0.717, 1.165) is 30.2 Å². The predicted molar refractivity (Wildman–Crippen MR) is 74.4 cm³/mol. The van der Waals surface area contributed by atoms with Gasteiger partial charge in [-0.2, -0.15) is 0 Å². The van der Waals surface area contributed by atoms with Crippen LogP contribution in [0.1, 0.15) is 19.4 Å². The number of aromatic nitrogens is 1. The minimum atomic E-state index is 0.435. The van der Waals surface area contributed by atoms with E-state index < -0.39 is 0 Å². The Hall–Kier alpha value is -1.29. The van der Waals surface area contributed by atoms with E-state index in [0.29, 0.717) is 6.04 Å². The molecule has 0 aliphatic heterocycles. The average molecular weight is 236 g/mol. The Balaban J connectivity index is 2.93. The smallest absolute Gasteiger partial charge is 0.131 e. The molecule has 4 nitrogen and oxygen atoms in total. The fourth-order valence-electron chi connectivity index (χ4n) is 2.19. The Morgan fingerprint density at radius 3 is 2.53 bits per heavy atom. The maximum atomic E-state index is 5.74. The number of nitrogens with two attached hydrogens (primary N) is 1. The quantitative estimate of drug-likeness (QED) is 0.846. The fraction of sp³-hybridized carbons (Fsp3) is 0.615. The van der Waals surface area contributed by atoms with Crippen molar-refractivity contribution in [2.75, 3.05) is 37.8 Å². The summed E-state index contributed by atoms with van der Waals surface area (Å²) in [6.45, 7) is 8.40. The van der Waals surface area contributed by atoms with Gasteiger partial charge in [-0.3, -0.25) is 0 Å². The molecule has 1 aromatic rings. The third kappa shape index (κ3) is 3.60. The Bertz CT molecular complexity index is 362. The molecule has 0 amide bonds. The third-order valence-corrected chi connectivity index (χ3v) is 2.85. The van der Waals surface area contributed by atoms with Gasteiger partial charge in [0.15, 0.2) is 0 Å². The number of nitrogen functional groups attached to an aromatic ring is 1. The van der Waals surface area contributed by atoms with Crippen molar-refractivity contribution < 1.29 is 0 Å². The second kappa shape index (κ2) is 5.87. The number of nitrogens with zero attached hydrogens (tertiary/aromatic N) is 3. The maximum Gasteiger partial charge on any atom is 0.131 e. The molecule has 1 aromatic heterocycles. The molecule has 0 fully saturated rings. The van der Waals surface area contributed by atoms with E-state index in [2.05, 4.69) is 49.7 Å². The zero-order valence-corrected chi connectivity index (χ0v) is 11.6. The molecule has 0 radical (unpaired) electrons. The molecule has 1 heterocycles. The number of rotatable bonds is 5. The molecule has 0 spiro atoms. The predicted octanol–water partition coefficient (Wildman–Crippen LogP) is 1.75. The van der Waals surface area contributed by atoms with Gasteiger partial charge in [0.05, 0.1) is 11.9 Å². The van der Waals surface area contributed by atoms with Gasteiger partial charge in [-0.15, -0.1) is 0 Å². The van der Waals surface area contributed by atoms with Gasteiger partial charge >= 0.3 is 0 Å². The molecule has 96 valence electrons. The monoisotopic (exact) mass is 236 g/mol. The normalized spacial score (nSPS) is 12.8. The lowest BCUT2D eigenvalue weighted by Gasteiger charge is -2.32. The first-order valence-corrected chi connectivity index (χ1v) is 6.09. The first kappa shape index (κ1) is 13.8. The number of hydrogen-bond acceptors (Lipinski definition) is 4. The van der Waals surface area contributed by atoms with Crippen LogP contribution in [0.15, 0.2) is 12.3 Å². The minimum absolute atomic E-state index is 0.435. The Labute approximate surface area is 104 Å². The van der Waals surface area contributed by atoms with Crippen LogP contribution in [0.4, 0.5) is 11.5 Å². The highest BCUT2D eigenvalue weighted by atomic mass is 15.2.